The minimum absolute atomic E-state index is 0.0746. The molecule has 2 heterocycles. The fourth-order valence-electron chi connectivity index (χ4n) is 2.71. The molecule has 0 atom stereocenters. The molecule has 0 radical (unpaired) electrons. The lowest BCUT2D eigenvalue weighted by atomic mass is 10.0. The first-order valence-corrected chi connectivity index (χ1v) is 10.5. The third-order valence-corrected chi connectivity index (χ3v) is 5.48. The highest BCUT2D eigenvalue weighted by molar-refractivity contribution is 9.10. The average molecular weight is 449 g/mol. The van der Waals surface area contributed by atoms with E-state index >= 15 is 0 Å². The van der Waals surface area contributed by atoms with E-state index in [1.807, 2.05) is 41.8 Å². The summed E-state index contributed by atoms with van der Waals surface area (Å²) in [7, 11) is 0. The molecule has 0 bridgehead atoms. The van der Waals surface area contributed by atoms with Gasteiger partial charge in [-0.1, -0.05) is 41.5 Å². The lowest BCUT2D eigenvalue weighted by Gasteiger charge is -2.14. The quantitative estimate of drug-likeness (QED) is 0.504. The molecule has 1 aromatic carbocycles. The first-order valence-electron chi connectivity index (χ1n) is 8.68. The van der Waals surface area contributed by atoms with E-state index in [4.69, 9.17) is 4.42 Å². The summed E-state index contributed by atoms with van der Waals surface area (Å²) in [5.41, 5.74) is 1.94. The summed E-state index contributed by atoms with van der Waals surface area (Å²) < 4.78 is 8.35. The number of hydrogen-bond acceptors (Lipinski definition) is 5. The predicted octanol–water partition coefficient (Wildman–Crippen LogP) is 5.17. The number of halogens is 1. The summed E-state index contributed by atoms with van der Waals surface area (Å²) in [6.45, 7) is 6.91. The highest BCUT2D eigenvalue weighted by Gasteiger charge is 2.17. The molecule has 3 aromatic rings. The SMILES string of the molecule is CCn1c(SCC(=O)Nc2ccc(Br)cc2C(C)C)nnc1-c1ccco1. The monoisotopic (exact) mass is 448 g/mol. The van der Waals surface area contributed by atoms with Gasteiger partial charge in [0.2, 0.25) is 5.91 Å². The molecule has 0 aliphatic heterocycles. The van der Waals surface area contributed by atoms with Crippen molar-refractivity contribution in [2.75, 3.05) is 11.1 Å². The van der Waals surface area contributed by atoms with Gasteiger partial charge in [0.15, 0.2) is 16.7 Å². The van der Waals surface area contributed by atoms with Gasteiger partial charge in [0.1, 0.15) is 0 Å². The number of hydrogen-bond donors (Lipinski definition) is 1. The molecule has 0 spiro atoms. The molecule has 142 valence electrons. The summed E-state index contributed by atoms with van der Waals surface area (Å²) >= 11 is 4.85. The number of nitrogens with one attached hydrogen (secondary N) is 1. The number of furan rings is 1. The zero-order valence-corrected chi connectivity index (χ0v) is 17.8. The van der Waals surface area contributed by atoms with E-state index in [1.165, 1.54) is 11.8 Å². The zero-order chi connectivity index (χ0) is 19.4. The van der Waals surface area contributed by atoms with Gasteiger partial charge in [0.05, 0.1) is 12.0 Å². The fourth-order valence-corrected chi connectivity index (χ4v) is 3.89. The van der Waals surface area contributed by atoms with Crippen LogP contribution in [0.5, 0.6) is 0 Å². The number of benzene rings is 1. The molecule has 0 saturated carbocycles. The van der Waals surface area contributed by atoms with Crippen molar-refractivity contribution in [1.82, 2.24) is 14.8 Å². The molecule has 0 unspecified atom stereocenters. The third kappa shape index (κ3) is 4.62. The molecule has 0 saturated heterocycles. The Kier molecular flexibility index (Phi) is 6.38. The maximum atomic E-state index is 12.5. The minimum Gasteiger partial charge on any atom is -0.461 e. The van der Waals surface area contributed by atoms with Crippen LogP contribution in [0.15, 0.2) is 50.6 Å². The largest absolute Gasteiger partial charge is 0.461 e. The summed E-state index contributed by atoms with van der Waals surface area (Å²) in [6.07, 6.45) is 1.61. The average Bonchev–Trinajstić information content (AvgIpc) is 3.30. The van der Waals surface area contributed by atoms with Crippen LogP contribution in [-0.4, -0.2) is 26.4 Å². The topological polar surface area (TPSA) is 73.0 Å². The van der Waals surface area contributed by atoms with Crippen LogP contribution in [0.25, 0.3) is 11.6 Å². The Labute approximate surface area is 170 Å². The number of thioether (sulfide) groups is 1. The number of carbonyl (C=O) groups is 1. The first-order chi connectivity index (χ1) is 13.0. The van der Waals surface area contributed by atoms with Crippen LogP contribution >= 0.6 is 27.7 Å². The number of nitrogens with zero attached hydrogens (tertiary/aromatic N) is 3. The van der Waals surface area contributed by atoms with Gasteiger partial charge >= 0.3 is 0 Å². The second kappa shape index (κ2) is 8.75. The van der Waals surface area contributed by atoms with Crippen molar-refractivity contribution in [3.8, 4) is 11.6 Å². The Bertz CT molecular complexity index is 922. The molecule has 1 amide bonds. The van der Waals surface area contributed by atoms with Crippen LogP contribution in [0.2, 0.25) is 0 Å². The third-order valence-electron chi connectivity index (χ3n) is 4.02. The maximum Gasteiger partial charge on any atom is 0.234 e. The van der Waals surface area contributed by atoms with Gasteiger partial charge in [-0.2, -0.15) is 0 Å². The zero-order valence-electron chi connectivity index (χ0n) is 15.4. The van der Waals surface area contributed by atoms with E-state index < -0.39 is 0 Å². The van der Waals surface area contributed by atoms with Crippen LogP contribution in [0.1, 0.15) is 32.3 Å². The van der Waals surface area contributed by atoms with Gasteiger partial charge < -0.3 is 9.73 Å². The van der Waals surface area contributed by atoms with Gasteiger partial charge in [-0.05, 0) is 48.7 Å². The van der Waals surface area contributed by atoms with E-state index in [-0.39, 0.29) is 11.7 Å². The highest BCUT2D eigenvalue weighted by atomic mass is 79.9. The van der Waals surface area contributed by atoms with E-state index in [0.29, 0.717) is 29.2 Å². The van der Waals surface area contributed by atoms with Crippen molar-refractivity contribution >= 4 is 39.3 Å². The number of aromatic nitrogens is 3. The summed E-state index contributed by atoms with van der Waals surface area (Å²) in [6, 6.07) is 9.55. The van der Waals surface area contributed by atoms with Crippen molar-refractivity contribution in [3.63, 3.8) is 0 Å². The maximum absolute atomic E-state index is 12.5. The number of carbonyl (C=O) groups excluding carboxylic acids is 1. The van der Waals surface area contributed by atoms with E-state index in [1.54, 1.807) is 6.26 Å². The Morgan fingerprint density at radius 2 is 2.15 bits per heavy atom. The Morgan fingerprint density at radius 1 is 1.33 bits per heavy atom. The van der Waals surface area contributed by atoms with Gasteiger partial charge in [0, 0.05) is 16.7 Å². The Morgan fingerprint density at radius 3 is 2.81 bits per heavy atom. The van der Waals surface area contributed by atoms with Crippen LogP contribution in [0.3, 0.4) is 0 Å². The van der Waals surface area contributed by atoms with E-state index in [2.05, 4.69) is 45.3 Å². The van der Waals surface area contributed by atoms with Crippen molar-refractivity contribution < 1.29 is 9.21 Å². The van der Waals surface area contributed by atoms with Crippen molar-refractivity contribution in [1.29, 1.82) is 0 Å². The first kappa shape index (κ1) is 19.7. The molecule has 27 heavy (non-hydrogen) atoms. The van der Waals surface area contributed by atoms with Gasteiger partial charge in [-0.25, -0.2) is 0 Å². The molecule has 6 nitrogen and oxygen atoms in total. The Balaban J connectivity index is 1.68. The summed E-state index contributed by atoms with van der Waals surface area (Å²) in [5.74, 6) is 1.82. The molecule has 2 aromatic heterocycles. The fraction of sp³-hybridized carbons (Fsp3) is 0.316. The molecular formula is C19H21BrN4O2S. The number of amides is 1. The van der Waals surface area contributed by atoms with Gasteiger partial charge in [-0.3, -0.25) is 9.36 Å². The molecule has 0 aliphatic rings. The Hall–Kier alpha value is -2.06. The van der Waals surface area contributed by atoms with Gasteiger partial charge in [0.25, 0.3) is 0 Å². The lowest BCUT2D eigenvalue weighted by Crippen LogP contribution is -2.16. The van der Waals surface area contributed by atoms with Crippen LogP contribution in [-0.2, 0) is 11.3 Å². The highest BCUT2D eigenvalue weighted by Crippen LogP contribution is 2.28. The molecule has 1 N–H and O–H groups in total. The molecule has 3 rings (SSSR count). The second-order valence-corrected chi connectivity index (χ2v) is 8.11. The van der Waals surface area contributed by atoms with Crippen molar-refractivity contribution in [3.05, 3.63) is 46.6 Å². The predicted molar refractivity (Wildman–Crippen MR) is 111 cm³/mol. The standard InChI is InChI=1S/C19H21BrN4O2S/c1-4-24-18(16-6-5-9-26-16)22-23-19(24)27-11-17(25)21-15-8-7-13(20)10-14(15)12(2)3/h5-10,12H,4,11H2,1-3H3,(H,21,25). The smallest absolute Gasteiger partial charge is 0.234 e. The van der Waals surface area contributed by atoms with Crippen LogP contribution in [0.4, 0.5) is 5.69 Å². The van der Waals surface area contributed by atoms with E-state index in [0.717, 1.165) is 15.7 Å². The molecule has 0 aliphatic carbocycles. The normalized spacial score (nSPS) is 11.1. The van der Waals surface area contributed by atoms with E-state index in [9.17, 15) is 4.79 Å². The molecule has 8 heteroatoms. The van der Waals surface area contributed by atoms with Crippen LogP contribution in [0, 0.1) is 0 Å². The number of rotatable bonds is 7. The lowest BCUT2D eigenvalue weighted by molar-refractivity contribution is -0.113. The van der Waals surface area contributed by atoms with Crippen molar-refractivity contribution in [2.24, 2.45) is 0 Å². The van der Waals surface area contributed by atoms with Gasteiger partial charge in [-0.15, -0.1) is 10.2 Å². The molecule has 0 fully saturated rings. The molecular weight excluding hydrogens is 428 g/mol. The summed E-state index contributed by atoms with van der Waals surface area (Å²) in [4.78, 5) is 12.5. The summed E-state index contributed by atoms with van der Waals surface area (Å²) in [5, 5.41) is 12.1. The van der Waals surface area contributed by atoms with Crippen molar-refractivity contribution in [2.45, 2.75) is 38.4 Å². The minimum atomic E-state index is -0.0746. The van der Waals surface area contributed by atoms with Crippen LogP contribution < -0.4 is 5.32 Å². The second-order valence-electron chi connectivity index (χ2n) is 6.25. The number of anilines is 1.